The van der Waals surface area contributed by atoms with E-state index in [4.69, 9.17) is 9.47 Å². The molecule has 2 N–H and O–H groups in total. The lowest BCUT2D eigenvalue weighted by Gasteiger charge is -2.20. The minimum absolute atomic E-state index is 0.129. The van der Waals surface area contributed by atoms with Crippen LogP contribution >= 0.6 is 12.6 Å². The van der Waals surface area contributed by atoms with Crippen LogP contribution in [0.15, 0.2) is 71.6 Å². The Labute approximate surface area is 187 Å². The summed E-state index contributed by atoms with van der Waals surface area (Å²) in [7, 11) is 1.38. The van der Waals surface area contributed by atoms with Crippen molar-refractivity contribution in [2.24, 2.45) is 0 Å². The first-order valence-electron chi connectivity index (χ1n) is 10.2. The zero-order chi connectivity index (χ0) is 21.8. The molecule has 6 heteroatoms. The molecule has 0 amide bonds. The Hall–Kier alpha value is -2.80. The van der Waals surface area contributed by atoms with Gasteiger partial charge in [-0.1, -0.05) is 36.4 Å². The molecule has 160 valence electrons. The maximum absolute atomic E-state index is 11.6. The van der Waals surface area contributed by atoms with Gasteiger partial charge in [-0.05, 0) is 47.0 Å². The third-order valence-electron chi connectivity index (χ3n) is 5.46. The molecule has 1 aliphatic rings. The number of rotatable bonds is 7. The van der Waals surface area contributed by atoms with Gasteiger partial charge in [-0.3, -0.25) is 4.79 Å². The number of thiol groups is 1. The average molecular weight is 436 g/mol. The fourth-order valence-electron chi connectivity index (χ4n) is 3.93. The first-order valence-corrected chi connectivity index (χ1v) is 10.6. The number of methoxy groups -OCH3 is 1. The van der Waals surface area contributed by atoms with Crippen LogP contribution in [0.4, 0.5) is 0 Å². The molecular formula is C25H25NO4S. The van der Waals surface area contributed by atoms with Gasteiger partial charge in [-0.2, -0.15) is 0 Å². The number of carbonyl (C=O) groups excluding carboxylic acids is 1. The highest BCUT2D eigenvalue weighted by Gasteiger charge is 2.30. The zero-order valence-electron chi connectivity index (χ0n) is 17.2. The van der Waals surface area contributed by atoms with E-state index in [0.29, 0.717) is 24.5 Å². The Bertz CT molecular complexity index is 1080. The van der Waals surface area contributed by atoms with Crippen molar-refractivity contribution in [1.82, 2.24) is 5.32 Å². The summed E-state index contributed by atoms with van der Waals surface area (Å²) in [5.41, 5.74) is 4.06. The van der Waals surface area contributed by atoms with Gasteiger partial charge < -0.3 is 19.9 Å². The Morgan fingerprint density at radius 1 is 1.13 bits per heavy atom. The Morgan fingerprint density at radius 2 is 1.97 bits per heavy atom. The van der Waals surface area contributed by atoms with E-state index in [9.17, 15) is 9.90 Å². The second-order valence-corrected chi connectivity index (χ2v) is 8.14. The van der Waals surface area contributed by atoms with Gasteiger partial charge in [0.2, 0.25) is 0 Å². The van der Waals surface area contributed by atoms with Gasteiger partial charge in [0.1, 0.15) is 11.5 Å². The van der Waals surface area contributed by atoms with Crippen molar-refractivity contribution in [3.8, 4) is 11.5 Å². The molecule has 0 heterocycles. The minimum Gasteiger partial charge on any atom is -0.469 e. The summed E-state index contributed by atoms with van der Waals surface area (Å²) in [6.45, 7) is 0.516. The highest BCUT2D eigenvalue weighted by Crippen LogP contribution is 2.33. The van der Waals surface area contributed by atoms with Crippen molar-refractivity contribution in [2.75, 3.05) is 7.11 Å². The molecule has 0 saturated heterocycles. The molecule has 2 atom stereocenters. The summed E-state index contributed by atoms with van der Waals surface area (Å²) in [4.78, 5) is 12.4. The number of carbonyl (C=O) groups is 1. The molecule has 31 heavy (non-hydrogen) atoms. The van der Waals surface area contributed by atoms with E-state index >= 15 is 0 Å². The summed E-state index contributed by atoms with van der Waals surface area (Å²) in [5.74, 6) is 1.04. The molecule has 0 aromatic heterocycles. The molecule has 5 nitrogen and oxygen atoms in total. The molecule has 0 saturated carbocycles. The third-order valence-corrected chi connectivity index (χ3v) is 5.74. The lowest BCUT2D eigenvalue weighted by molar-refractivity contribution is -0.139. The fourth-order valence-corrected chi connectivity index (χ4v) is 4.16. The van der Waals surface area contributed by atoms with Crippen LogP contribution in [0.2, 0.25) is 0 Å². The van der Waals surface area contributed by atoms with Crippen LogP contribution in [0.3, 0.4) is 0 Å². The van der Waals surface area contributed by atoms with Gasteiger partial charge in [-0.15, -0.1) is 12.6 Å². The number of fused-ring (bicyclic) bond motifs is 1. The van der Waals surface area contributed by atoms with Crippen molar-refractivity contribution in [3.05, 3.63) is 89.0 Å². The summed E-state index contributed by atoms with van der Waals surface area (Å²) in [6.07, 6.45) is 0.379. The number of hydrogen-bond donors (Lipinski definition) is 3. The van der Waals surface area contributed by atoms with E-state index in [0.717, 1.165) is 21.6 Å². The minimum atomic E-state index is -0.462. The highest BCUT2D eigenvalue weighted by atomic mass is 32.1. The molecule has 0 radical (unpaired) electrons. The largest absolute Gasteiger partial charge is 0.469 e. The predicted molar refractivity (Wildman–Crippen MR) is 122 cm³/mol. The SMILES string of the molecule is COC(=O)Cc1cccc(Oc2ccc(S)cc2CN[C@@H]2c3ccccc3C[C@@H]2O)c1. The molecule has 1 aliphatic carbocycles. The van der Waals surface area contributed by atoms with Gasteiger partial charge in [0, 0.05) is 23.4 Å². The van der Waals surface area contributed by atoms with Crippen molar-refractivity contribution in [2.45, 2.75) is 36.4 Å². The van der Waals surface area contributed by atoms with Gasteiger partial charge in [-0.25, -0.2) is 0 Å². The van der Waals surface area contributed by atoms with Gasteiger partial charge in [0.05, 0.1) is 25.7 Å². The Kier molecular flexibility index (Phi) is 6.61. The Balaban J connectivity index is 1.51. The van der Waals surface area contributed by atoms with Crippen LogP contribution < -0.4 is 10.1 Å². The fraction of sp³-hybridized carbons (Fsp3) is 0.240. The molecule has 0 spiro atoms. The summed E-state index contributed by atoms with van der Waals surface area (Å²) in [5, 5.41) is 14.0. The molecule has 0 aliphatic heterocycles. The number of esters is 1. The van der Waals surface area contributed by atoms with Crippen molar-refractivity contribution in [1.29, 1.82) is 0 Å². The Morgan fingerprint density at radius 3 is 2.81 bits per heavy atom. The third kappa shape index (κ3) is 5.10. The number of nitrogens with one attached hydrogen (secondary N) is 1. The predicted octanol–water partition coefficient (Wildman–Crippen LogP) is 4.23. The second-order valence-electron chi connectivity index (χ2n) is 7.62. The monoisotopic (exact) mass is 435 g/mol. The van der Waals surface area contributed by atoms with E-state index in [1.807, 2.05) is 54.6 Å². The normalized spacial score (nSPS) is 17.3. The van der Waals surface area contributed by atoms with Crippen molar-refractivity contribution < 1.29 is 19.4 Å². The molecule has 3 aromatic rings. The lowest BCUT2D eigenvalue weighted by Crippen LogP contribution is -2.28. The van der Waals surface area contributed by atoms with E-state index in [1.54, 1.807) is 0 Å². The van der Waals surface area contributed by atoms with E-state index in [1.165, 1.54) is 12.7 Å². The molecule has 3 aromatic carbocycles. The van der Waals surface area contributed by atoms with Crippen LogP contribution in [-0.2, 0) is 28.9 Å². The van der Waals surface area contributed by atoms with Crippen LogP contribution in [0.25, 0.3) is 0 Å². The maximum atomic E-state index is 11.6. The van der Waals surface area contributed by atoms with Gasteiger partial charge >= 0.3 is 5.97 Å². The first kappa shape index (κ1) is 21.4. The second kappa shape index (κ2) is 9.56. The van der Waals surface area contributed by atoms with Gasteiger partial charge in [0.15, 0.2) is 0 Å². The van der Waals surface area contributed by atoms with E-state index in [2.05, 4.69) is 30.1 Å². The molecular weight excluding hydrogens is 410 g/mol. The number of benzene rings is 3. The smallest absolute Gasteiger partial charge is 0.309 e. The zero-order valence-corrected chi connectivity index (χ0v) is 18.1. The molecule has 4 rings (SSSR count). The highest BCUT2D eigenvalue weighted by molar-refractivity contribution is 7.80. The molecule has 0 unspecified atom stereocenters. The van der Waals surface area contributed by atoms with Crippen LogP contribution in [-0.4, -0.2) is 24.3 Å². The van der Waals surface area contributed by atoms with E-state index < -0.39 is 6.10 Å². The van der Waals surface area contributed by atoms with Crippen molar-refractivity contribution >= 4 is 18.6 Å². The quantitative estimate of drug-likeness (QED) is 0.383. The number of aliphatic hydroxyl groups excluding tert-OH is 1. The summed E-state index contributed by atoms with van der Waals surface area (Å²) in [6, 6.07) is 21.1. The maximum Gasteiger partial charge on any atom is 0.309 e. The van der Waals surface area contributed by atoms with Crippen LogP contribution in [0.5, 0.6) is 11.5 Å². The number of aliphatic hydroxyl groups is 1. The van der Waals surface area contributed by atoms with Crippen LogP contribution in [0, 0.1) is 0 Å². The number of ether oxygens (including phenoxy) is 2. The summed E-state index contributed by atoms with van der Waals surface area (Å²) >= 11 is 4.47. The number of hydrogen-bond acceptors (Lipinski definition) is 6. The molecule has 0 fully saturated rings. The van der Waals surface area contributed by atoms with Crippen LogP contribution in [0.1, 0.15) is 28.3 Å². The molecule has 0 bridgehead atoms. The first-order chi connectivity index (χ1) is 15.0. The summed E-state index contributed by atoms with van der Waals surface area (Å²) < 4.78 is 10.9. The van der Waals surface area contributed by atoms with E-state index in [-0.39, 0.29) is 18.4 Å². The van der Waals surface area contributed by atoms with Gasteiger partial charge in [0.25, 0.3) is 0 Å². The topological polar surface area (TPSA) is 67.8 Å². The standard InChI is InChI=1S/C25H25NO4S/c1-29-24(28)12-16-5-4-7-19(11-16)30-23-10-9-20(31)13-18(23)15-26-25-21-8-3-2-6-17(21)14-22(25)27/h2-11,13,22,25-27,31H,12,14-15H2,1H3/t22-,25+/m0/s1. The lowest BCUT2D eigenvalue weighted by atomic mass is 10.1. The van der Waals surface area contributed by atoms with Crippen molar-refractivity contribution in [3.63, 3.8) is 0 Å². The average Bonchev–Trinajstić information content (AvgIpc) is 3.09.